The lowest BCUT2D eigenvalue weighted by molar-refractivity contribution is -0.384. The first kappa shape index (κ1) is 11.8. The zero-order valence-electron chi connectivity index (χ0n) is 9.58. The molecule has 6 nitrogen and oxygen atoms in total. The van der Waals surface area contributed by atoms with Gasteiger partial charge in [0.1, 0.15) is 0 Å². The SMILES string of the molecule is COc1ccc([N+](=O)[O-])c(Nc2c[c]ccc2)n1. The molecular weight excluding hydrogens is 234 g/mol. The van der Waals surface area contributed by atoms with Gasteiger partial charge in [-0.1, -0.05) is 12.1 Å². The zero-order valence-corrected chi connectivity index (χ0v) is 9.58. The number of nitro groups is 1. The van der Waals surface area contributed by atoms with Gasteiger partial charge < -0.3 is 10.1 Å². The van der Waals surface area contributed by atoms with Crippen molar-refractivity contribution >= 4 is 17.2 Å². The fraction of sp³-hybridized carbons (Fsp3) is 0.0833. The highest BCUT2D eigenvalue weighted by Gasteiger charge is 2.16. The summed E-state index contributed by atoms with van der Waals surface area (Å²) >= 11 is 0. The number of nitrogens with zero attached hydrogens (tertiary/aromatic N) is 2. The van der Waals surface area contributed by atoms with E-state index in [1.165, 1.54) is 19.2 Å². The average Bonchev–Trinajstić information content (AvgIpc) is 2.39. The molecule has 0 saturated heterocycles. The molecule has 2 aromatic rings. The van der Waals surface area contributed by atoms with E-state index in [0.717, 1.165) is 0 Å². The minimum absolute atomic E-state index is 0.111. The summed E-state index contributed by atoms with van der Waals surface area (Å²) in [6.45, 7) is 0. The fourth-order valence-electron chi connectivity index (χ4n) is 1.39. The molecule has 2 rings (SSSR count). The molecule has 0 saturated carbocycles. The van der Waals surface area contributed by atoms with Crippen LogP contribution in [0.2, 0.25) is 0 Å². The molecule has 1 aromatic carbocycles. The van der Waals surface area contributed by atoms with Crippen molar-refractivity contribution in [3.63, 3.8) is 0 Å². The molecule has 0 atom stereocenters. The zero-order chi connectivity index (χ0) is 13.0. The van der Waals surface area contributed by atoms with E-state index < -0.39 is 4.92 Å². The third-order valence-electron chi connectivity index (χ3n) is 2.22. The van der Waals surface area contributed by atoms with Crippen LogP contribution >= 0.6 is 0 Å². The summed E-state index contributed by atoms with van der Waals surface area (Å²) in [5.74, 6) is 0.446. The van der Waals surface area contributed by atoms with Crippen molar-refractivity contribution in [2.75, 3.05) is 12.4 Å². The van der Waals surface area contributed by atoms with Crippen molar-refractivity contribution in [2.45, 2.75) is 0 Å². The quantitative estimate of drug-likeness (QED) is 0.660. The molecule has 1 radical (unpaired) electrons. The van der Waals surface area contributed by atoms with Gasteiger partial charge in [0, 0.05) is 17.8 Å². The van der Waals surface area contributed by atoms with Crippen molar-refractivity contribution in [1.29, 1.82) is 0 Å². The van der Waals surface area contributed by atoms with Crippen LogP contribution in [0.3, 0.4) is 0 Å². The van der Waals surface area contributed by atoms with Crippen LogP contribution in [0.15, 0.2) is 36.4 Å². The number of nitrogens with one attached hydrogen (secondary N) is 1. The van der Waals surface area contributed by atoms with Crippen LogP contribution in [-0.2, 0) is 0 Å². The fourth-order valence-corrected chi connectivity index (χ4v) is 1.39. The number of aromatic nitrogens is 1. The van der Waals surface area contributed by atoms with Crippen LogP contribution in [0.4, 0.5) is 17.2 Å². The lowest BCUT2D eigenvalue weighted by atomic mass is 10.3. The molecule has 6 heteroatoms. The normalized spacial score (nSPS) is 9.83. The Morgan fingerprint density at radius 1 is 1.44 bits per heavy atom. The molecule has 1 heterocycles. The molecule has 0 amide bonds. The van der Waals surface area contributed by atoms with E-state index in [1.807, 2.05) is 0 Å². The Hall–Kier alpha value is -2.63. The van der Waals surface area contributed by atoms with Gasteiger partial charge in [0.15, 0.2) is 0 Å². The predicted molar refractivity (Wildman–Crippen MR) is 66.0 cm³/mol. The lowest BCUT2D eigenvalue weighted by Crippen LogP contribution is -2.00. The van der Waals surface area contributed by atoms with Gasteiger partial charge in [-0.3, -0.25) is 10.1 Å². The smallest absolute Gasteiger partial charge is 0.311 e. The van der Waals surface area contributed by atoms with E-state index >= 15 is 0 Å². The number of hydrogen-bond acceptors (Lipinski definition) is 5. The van der Waals surface area contributed by atoms with Crippen molar-refractivity contribution in [3.05, 3.63) is 52.6 Å². The second-order valence-corrected chi connectivity index (χ2v) is 3.40. The van der Waals surface area contributed by atoms with Gasteiger partial charge in [-0.2, -0.15) is 4.98 Å². The van der Waals surface area contributed by atoms with Crippen molar-refractivity contribution in [2.24, 2.45) is 0 Å². The minimum Gasteiger partial charge on any atom is -0.481 e. The maximum Gasteiger partial charge on any atom is 0.311 e. The highest BCUT2D eigenvalue weighted by Crippen LogP contribution is 2.27. The second-order valence-electron chi connectivity index (χ2n) is 3.40. The first-order valence-electron chi connectivity index (χ1n) is 5.13. The summed E-state index contributed by atoms with van der Waals surface area (Å²) in [5.41, 5.74) is 0.556. The molecule has 91 valence electrons. The summed E-state index contributed by atoms with van der Waals surface area (Å²) in [5, 5.41) is 13.8. The molecule has 1 aromatic heterocycles. The third-order valence-corrected chi connectivity index (χ3v) is 2.22. The van der Waals surface area contributed by atoms with Gasteiger partial charge >= 0.3 is 5.69 Å². The predicted octanol–water partition coefficient (Wildman–Crippen LogP) is 2.54. The summed E-state index contributed by atoms with van der Waals surface area (Å²) in [4.78, 5) is 14.4. The van der Waals surface area contributed by atoms with Gasteiger partial charge in [-0.25, -0.2) is 0 Å². The molecule has 0 spiro atoms. The maximum atomic E-state index is 10.9. The monoisotopic (exact) mass is 244 g/mol. The van der Waals surface area contributed by atoms with E-state index in [9.17, 15) is 10.1 Å². The van der Waals surface area contributed by atoms with Gasteiger partial charge in [-0.15, -0.1) is 0 Å². The van der Waals surface area contributed by atoms with Gasteiger partial charge in [-0.05, 0) is 18.2 Å². The lowest BCUT2D eigenvalue weighted by Gasteiger charge is -2.07. The topological polar surface area (TPSA) is 77.3 Å². The Balaban J connectivity index is 2.38. The molecule has 0 unspecified atom stereocenters. The standard InChI is InChI=1S/C12H10N3O3/c1-18-11-8-7-10(15(16)17)12(14-11)13-9-5-3-2-4-6-9/h2-3,5-8H,1H3,(H,13,14). The number of rotatable bonds is 4. The Labute approximate surface area is 103 Å². The van der Waals surface area contributed by atoms with Crippen LogP contribution in [0, 0.1) is 16.2 Å². The van der Waals surface area contributed by atoms with Crippen LogP contribution in [0.5, 0.6) is 5.88 Å². The van der Waals surface area contributed by atoms with Crippen molar-refractivity contribution < 1.29 is 9.66 Å². The number of benzene rings is 1. The van der Waals surface area contributed by atoms with Gasteiger partial charge in [0.25, 0.3) is 0 Å². The first-order chi connectivity index (χ1) is 8.70. The highest BCUT2D eigenvalue weighted by atomic mass is 16.6. The number of methoxy groups -OCH3 is 1. The Morgan fingerprint density at radius 2 is 2.28 bits per heavy atom. The molecule has 1 N–H and O–H groups in total. The van der Waals surface area contributed by atoms with Crippen LogP contribution in [0.25, 0.3) is 0 Å². The van der Waals surface area contributed by atoms with E-state index in [1.54, 1.807) is 24.3 Å². The molecular formula is C12H10N3O3. The number of ether oxygens (including phenoxy) is 1. The van der Waals surface area contributed by atoms with Gasteiger partial charge in [0.2, 0.25) is 11.7 Å². The number of pyridine rings is 1. The highest BCUT2D eigenvalue weighted by molar-refractivity contribution is 5.65. The van der Waals surface area contributed by atoms with E-state index in [0.29, 0.717) is 11.6 Å². The second kappa shape index (κ2) is 5.13. The van der Waals surface area contributed by atoms with Crippen molar-refractivity contribution in [1.82, 2.24) is 4.98 Å². The number of anilines is 2. The molecule has 0 aliphatic rings. The molecule has 0 aliphatic heterocycles. The average molecular weight is 244 g/mol. The molecule has 0 bridgehead atoms. The Kier molecular flexibility index (Phi) is 3.38. The third kappa shape index (κ3) is 2.54. The van der Waals surface area contributed by atoms with Gasteiger partial charge in [0.05, 0.1) is 12.0 Å². The molecule has 0 aliphatic carbocycles. The Morgan fingerprint density at radius 3 is 2.89 bits per heavy atom. The largest absolute Gasteiger partial charge is 0.481 e. The van der Waals surface area contributed by atoms with E-state index in [2.05, 4.69) is 16.4 Å². The van der Waals surface area contributed by atoms with Crippen LogP contribution < -0.4 is 10.1 Å². The van der Waals surface area contributed by atoms with Crippen LogP contribution in [0.1, 0.15) is 0 Å². The Bertz CT molecular complexity index is 558. The number of hydrogen-bond donors (Lipinski definition) is 1. The van der Waals surface area contributed by atoms with E-state index in [-0.39, 0.29) is 11.5 Å². The van der Waals surface area contributed by atoms with Crippen molar-refractivity contribution in [3.8, 4) is 5.88 Å². The van der Waals surface area contributed by atoms with E-state index in [4.69, 9.17) is 4.74 Å². The summed E-state index contributed by atoms with van der Waals surface area (Å²) in [7, 11) is 1.45. The molecule has 18 heavy (non-hydrogen) atoms. The van der Waals surface area contributed by atoms with Crippen LogP contribution in [-0.4, -0.2) is 17.0 Å². The summed E-state index contributed by atoms with van der Waals surface area (Å²) in [6.07, 6.45) is 0. The summed E-state index contributed by atoms with van der Waals surface area (Å²) in [6, 6.07) is 12.6. The first-order valence-corrected chi connectivity index (χ1v) is 5.13. The minimum atomic E-state index is -0.499. The molecule has 0 fully saturated rings. The summed E-state index contributed by atoms with van der Waals surface area (Å²) < 4.78 is 4.95. The maximum absolute atomic E-state index is 10.9.